The van der Waals surface area contributed by atoms with Crippen LogP contribution in [0.4, 0.5) is 5.69 Å². The van der Waals surface area contributed by atoms with Crippen LogP contribution in [0.2, 0.25) is 0 Å². The Hall–Kier alpha value is -2.43. The first-order valence-corrected chi connectivity index (χ1v) is 6.55. The van der Waals surface area contributed by atoms with Crippen molar-refractivity contribution >= 4 is 5.69 Å². The molecular formula is C12H14N4O7. The molecule has 3 N–H and O–H groups in total. The van der Waals surface area contributed by atoms with Gasteiger partial charge in [-0.3, -0.25) is 10.1 Å². The Balaban J connectivity index is 2.13. The van der Waals surface area contributed by atoms with Crippen LogP contribution in [-0.4, -0.2) is 57.5 Å². The van der Waals surface area contributed by atoms with E-state index in [4.69, 9.17) is 15.0 Å². The summed E-state index contributed by atoms with van der Waals surface area (Å²) in [6.45, 7) is -0.562. The molecule has 0 aromatic heterocycles. The molecular weight excluding hydrogens is 312 g/mol. The number of rotatable bonds is 5. The number of hydrogen-bond acceptors (Lipinski definition) is 8. The van der Waals surface area contributed by atoms with Crippen molar-refractivity contribution in [2.75, 3.05) is 6.61 Å². The highest BCUT2D eigenvalue weighted by atomic mass is 16.7. The molecule has 0 unspecified atom stereocenters. The van der Waals surface area contributed by atoms with Gasteiger partial charge in [-0.2, -0.15) is 0 Å². The molecule has 11 nitrogen and oxygen atoms in total. The van der Waals surface area contributed by atoms with Crippen LogP contribution in [0.5, 0.6) is 5.75 Å². The molecule has 0 radical (unpaired) electrons. The van der Waals surface area contributed by atoms with E-state index in [1.54, 1.807) is 0 Å². The summed E-state index contributed by atoms with van der Waals surface area (Å²) in [7, 11) is 0. The van der Waals surface area contributed by atoms with Crippen molar-refractivity contribution in [1.29, 1.82) is 0 Å². The molecule has 2 rings (SSSR count). The number of nitro benzene ring substituents is 1. The van der Waals surface area contributed by atoms with Crippen LogP contribution >= 0.6 is 0 Å². The number of nitrogens with zero attached hydrogens (tertiary/aromatic N) is 4. The van der Waals surface area contributed by atoms with Gasteiger partial charge in [-0.1, -0.05) is 5.11 Å². The zero-order valence-corrected chi connectivity index (χ0v) is 11.7. The van der Waals surface area contributed by atoms with Crippen LogP contribution in [0, 0.1) is 10.1 Å². The predicted molar refractivity (Wildman–Crippen MR) is 74.4 cm³/mol. The maximum atomic E-state index is 10.6. The van der Waals surface area contributed by atoms with Gasteiger partial charge in [0.1, 0.15) is 11.9 Å². The van der Waals surface area contributed by atoms with Crippen LogP contribution in [0.3, 0.4) is 0 Å². The lowest BCUT2D eigenvalue weighted by Crippen LogP contribution is -2.59. The lowest BCUT2D eigenvalue weighted by Gasteiger charge is -2.40. The molecule has 1 fully saturated rings. The Labute approximate surface area is 129 Å². The largest absolute Gasteiger partial charge is 0.462 e. The second-order valence-corrected chi connectivity index (χ2v) is 4.77. The lowest BCUT2D eigenvalue weighted by atomic mass is 9.97. The fourth-order valence-corrected chi connectivity index (χ4v) is 2.15. The van der Waals surface area contributed by atoms with E-state index in [-0.39, 0.29) is 11.4 Å². The third-order valence-corrected chi connectivity index (χ3v) is 3.33. The first-order chi connectivity index (χ1) is 11.0. The molecule has 1 aliphatic heterocycles. The molecule has 1 aromatic rings. The summed E-state index contributed by atoms with van der Waals surface area (Å²) in [6.07, 6.45) is -5.44. The number of azide groups is 1. The number of hydrogen-bond donors (Lipinski definition) is 3. The van der Waals surface area contributed by atoms with Crippen molar-refractivity contribution in [1.82, 2.24) is 0 Å². The first kappa shape index (κ1) is 16.9. The number of aliphatic hydroxyl groups excluding tert-OH is 3. The summed E-state index contributed by atoms with van der Waals surface area (Å²) < 4.78 is 10.6. The molecule has 1 aromatic carbocycles. The average molecular weight is 326 g/mol. The summed E-state index contributed by atoms with van der Waals surface area (Å²) in [5.74, 6) is 0.158. The third-order valence-electron chi connectivity index (χ3n) is 3.33. The van der Waals surface area contributed by atoms with Gasteiger partial charge in [-0.05, 0) is 17.7 Å². The zero-order chi connectivity index (χ0) is 17.0. The van der Waals surface area contributed by atoms with E-state index in [1.807, 2.05) is 0 Å². The summed E-state index contributed by atoms with van der Waals surface area (Å²) in [4.78, 5) is 12.5. The smallest absolute Gasteiger partial charge is 0.269 e. The van der Waals surface area contributed by atoms with Crippen LogP contribution in [0.1, 0.15) is 0 Å². The summed E-state index contributed by atoms with van der Waals surface area (Å²) >= 11 is 0. The second kappa shape index (κ2) is 7.22. The van der Waals surface area contributed by atoms with Crippen LogP contribution in [0.25, 0.3) is 10.4 Å². The van der Waals surface area contributed by atoms with E-state index in [0.29, 0.717) is 0 Å². The minimum absolute atomic E-state index is 0.140. The molecule has 11 heteroatoms. The Kier molecular flexibility index (Phi) is 5.32. The molecule has 124 valence electrons. The van der Waals surface area contributed by atoms with Crippen molar-refractivity contribution in [3.63, 3.8) is 0 Å². The van der Waals surface area contributed by atoms with Gasteiger partial charge in [-0.15, -0.1) is 0 Å². The Morgan fingerprint density at radius 1 is 1.35 bits per heavy atom. The number of nitro groups is 1. The number of non-ortho nitro benzene ring substituents is 1. The molecule has 0 spiro atoms. The van der Waals surface area contributed by atoms with Gasteiger partial charge in [-0.25, -0.2) is 0 Å². The van der Waals surface area contributed by atoms with Crippen molar-refractivity contribution in [2.45, 2.75) is 30.6 Å². The van der Waals surface area contributed by atoms with Gasteiger partial charge < -0.3 is 24.8 Å². The lowest BCUT2D eigenvalue weighted by molar-refractivity contribution is -0.384. The Morgan fingerprint density at radius 2 is 2.00 bits per heavy atom. The number of ether oxygens (including phenoxy) is 2. The third kappa shape index (κ3) is 3.67. The van der Waals surface area contributed by atoms with Gasteiger partial charge in [0.25, 0.3) is 5.69 Å². The van der Waals surface area contributed by atoms with E-state index >= 15 is 0 Å². The normalized spacial score (nSPS) is 30.3. The average Bonchev–Trinajstić information content (AvgIpc) is 2.55. The van der Waals surface area contributed by atoms with Gasteiger partial charge in [0.2, 0.25) is 6.29 Å². The molecule has 1 heterocycles. The molecule has 0 saturated carbocycles. The molecule has 0 aliphatic carbocycles. The van der Waals surface area contributed by atoms with Gasteiger partial charge in [0.05, 0.1) is 29.8 Å². The monoisotopic (exact) mass is 326 g/mol. The van der Waals surface area contributed by atoms with E-state index in [1.165, 1.54) is 24.3 Å². The zero-order valence-electron chi connectivity index (χ0n) is 11.7. The van der Waals surface area contributed by atoms with Crippen molar-refractivity contribution < 1.29 is 29.7 Å². The summed E-state index contributed by atoms with van der Waals surface area (Å²) in [5, 5.41) is 43.1. The van der Waals surface area contributed by atoms with Gasteiger partial charge in [0, 0.05) is 17.0 Å². The quantitative estimate of drug-likeness (QED) is 0.226. The van der Waals surface area contributed by atoms with Gasteiger partial charge >= 0.3 is 0 Å². The standard InChI is InChI=1S/C12H14N4O7/c13-15-14-9-8(5-17)23-12(11(19)10(9)18)22-7-3-1-6(2-4-7)16(20)21/h1-4,8-12,17-19H,5H2/t8-,9+,10+,11-,12-/m1/s1. The Bertz CT molecular complexity index is 602. The van der Waals surface area contributed by atoms with Gasteiger partial charge in [0.15, 0.2) is 0 Å². The summed E-state index contributed by atoms with van der Waals surface area (Å²) in [5.41, 5.74) is 8.31. The minimum Gasteiger partial charge on any atom is -0.462 e. The predicted octanol–water partition coefficient (Wildman–Crippen LogP) is 0.0915. The number of benzene rings is 1. The maximum Gasteiger partial charge on any atom is 0.269 e. The van der Waals surface area contributed by atoms with E-state index < -0.39 is 42.2 Å². The highest BCUT2D eigenvalue weighted by Gasteiger charge is 2.45. The Morgan fingerprint density at radius 3 is 2.52 bits per heavy atom. The topological polar surface area (TPSA) is 171 Å². The fraction of sp³-hybridized carbons (Fsp3) is 0.500. The first-order valence-electron chi connectivity index (χ1n) is 6.55. The maximum absolute atomic E-state index is 10.6. The molecule has 23 heavy (non-hydrogen) atoms. The van der Waals surface area contributed by atoms with E-state index in [9.17, 15) is 25.4 Å². The molecule has 1 aliphatic rings. The van der Waals surface area contributed by atoms with Crippen LogP contribution in [-0.2, 0) is 4.74 Å². The van der Waals surface area contributed by atoms with Crippen molar-refractivity contribution in [3.8, 4) is 5.75 Å². The second-order valence-electron chi connectivity index (χ2n) is 4.77. The van der Waals surface area contributed by atoms with Crippen molar-refractivity contribution in [2.24, 2.45) is 5.11 Å². The van der Waals surface area contributed by atoms with E-state index in [2.05, 4.69) is 10.0 Å². The molecule has 1 saturated heterocycles. The van der Waals surface area contributed by atoms with Crippen LogP contribution < -0.4 is 4.74 Å². The van der Waals surface area contributed by atoms with E-state index in [0.717, 1.165) is 0 Å². The fourth-order valence-electron chi connectivity index (χ4n) is 2.15. The SMILES string of the molecule is [N-]=[N+]=N[C@@H]1[C@H](O)[C@@H](O)[C@H](Oc2ccc([N+](=O)[O-])cc2)O[C@@H]1CO. The van der Waals surface area contributed by atoms with Crippen molar-refractivity contribution in [3.05, 3.63) is 44.8 Å². The van der Waals surface area contributed by atoms with Crippen LogP contribution in [0.15, 0.2) is 29.4 Å². The molecule has 0 amide bonds. The number of aliphatic hydroxyl groups is 3. The summed E-state index contributed by atoms with van der Waals surface area (Å²) in [6, 6.07) is 3.83. The minimum atomic E-state index is -1.54. The highest BCUT2D eigenvalue weighted by Crippen LogP contribution is 2.27. The highest BCUT2D eigenvalue weighted by molar-refractivity contribution is 5.36. The molecule has 0 bridgehead atoms. The molecule has 5 atom stereocenters.